The van der Waals surface area contributed by atoms with Crippen LogP contribution >= 0.6 is 0 Å². The average molecular weight is 200 g/mol. The lowest BCUT2D eigenvalue weighted by Crippen LogP contribution is -1.96. The van der Waals surface area contributed by atoms with Crippen LogP contribution in [0, 0.1) is 0 Å². The summed E-state index contributed by atoms with van der Waals surface area (Å²) in [5.74, 6) is 0.672. The summed E-state index contributed by atoms with van der Waals surface area (Å²) in [6, 6.07) is 7.73. The second kappa shape index (κ2) is 2.88. The summed E-state index contributed by atoms with van der Waals surface area (Å²) >= 11 is 0. The Kier molecular flexibility index (Phi) is 1.55. The van der Waals surface area contributed by atoms with Crippen LogP contribution in [0.5, 0.6) is 0 Å². The molecular formula is C9H8N6. The molecular weight excluding hydrogens is 192 g/mol. The Morgan fingerprint density at radius 1 is 1.07 bits per heavy atom. The largest absolute Gasteiger partial charge is 0.253 e. The van der Waals surface area contributed by atoms with Crippen molar-refractivity contribution in [3.8, 4) is 5.82 Å². The summed E-state index contributed by atoms with van der Waals surface area (Å²) in [5.41, 5.74) is 1.78. The molecule has 0 radical (unpaired) electrons. The van der Waals surface area contributed by atoms with Gasteiger partial charge in [-0.1, -0.05) is 22.6 Å². The van der Waals surface area contributed by atoms with Gasteiger partial charge in [0.05, 0.1) is 11.7 Å². The molecule has 0 spiro atoms. The molecule has 0 saturated heterocycles. The van der Waals surface area contributed by atoms with Crippen LogP contribution in [0.4, 0.5) is 0 Å². The Morgan fingerprint density at radius 3 is 2.73 bits per heavy atom. The van der Waals surface area contributed by atoms with Crippen molar-refractivity contribution >= 4 is 11.0 Å². The fourth-order valence-corrected chi connectivity index (χ4v) is 1.47. The molecule has 0 fully saturated rings. The molecule has 0 saturated carbocycles. The van der Waals surface area contributed by atoms with Gasteiger partial charge in [0, 0.05) is 7.05 Å². The lowest BCUT2D eigenvalue weighted by Gasteiger charge is -1.93. The molecule has 0 N–H and O–H groups in total. The Hall–Kier alpha value is -2.24. The minimum atomic E-state index is 0.672. The minimum Gasteiger partial charge on any atom is -0.253 e. The first kappa shape index (κ1) is 8.10. The molecule has 15 heavy (non-hydrogen) atoms. The van der Waals surface area contributed by atoms with E-state index in [4.69, 9.17) is 0 Å². The lowest BCUT2D eigenvalue weighted by molar-refractivity contribution is 0.712. The molecule has 0 aliphatic rings. The smallest absolute Gasteiger partial charge is 0.197 e. The first-order valence-corrected chi connectivity index (χ1v) is 4.52. The van der Waals surface area contributed by atoms with Crippen molar-refractivity contribution < 1.29 is 0 Å². The molecule has 74 valence electrons. The number of aryl methyl sites for hydroxylation is 1. The van der Waals surface area contributed by atoms with Crippen LogP contribution in [0.3, 0.4) is 0 Å². The Labute approximate surface area is 85.1 Å². The summed E-state index contributed by atoms with van der Waals surface area (Å²) in [7, 11) is 1.82. The van der Waals surface area contributed by atoms with Crippen LogP contribution in [0.25, 0.3) is 16.9 Å². The van der Waals surface area contributed by atoms with Crippen LogP contribution in [0.2, 0.25) is 0 Å². The van der Waals surface area contributed by atoms with Crippen LogP contribution < -0.4 is 0 Å². The van der Waals surface area contributed by atoms with E-state index in [2.05, 4.69) is 20.6 Å². The van der Waals surface area contributed by atoms with Crippen molar-refractivity contribution in [3.63, 3.8) is 0 Å². The Bertz CT molecular complexity index is 608. The molecule has 6 heteroatoms. The van der Waals surface area contributed by atoms with Crippen molar-refractivity contribution in [3.05, 3.63) is 30.5 Å². The standard InChI is InChI=1S/C9H8N6/c1-14-6-9(11-12-14)15-8-5-3-2-4-7(8)10-13-15/h2-6H,1H3. The predicted octanol–water partition coefficient (Wildman–Crippen LogP) is 0.549. The Balaban J connectivity index is 2.27. The maximum Gasteiger partial charge on any atom is 0.197 e. The summed E-state index contributed by atoms with van der Waals surface area (Å²) in [5, 5.41) is 15.9. The van der Waals surface area contributed by atoms with Gasteiger partial charge < -0.3 is 0 Å². The van der Waals surface area contributed by atoms with Gasteiger partial charge >= 0.3 is 0 Å². The molecule has 0 bridgehead atoms. The molecule has 0 aliphatic carbocycles. The van der Waals surface area contributed by atoms with Gasteiger partial charge in [0.2, 0.25) is 0 Å². The molecule has 0 amide bonds. The van der Waals surface area contributed by atoms with Crippen molar-refractivity contribution in [1.29, 1.82) is 0 Å². The summed E-state index contributed by atoms with van der Waals surface area (Å²) in [4.78, 5) is 0. The summed E-state index contributed by atoms with van der Waals surface area (Å²) < 4.78 is 3.30. The number of para-hydroxylation sites is 1. The normalized spacial score (nSPS) is 11.0. The molecule has 0 unspecified atom stereocenters. The zero-order valence-corrected chi connectivity index (χ0v) is 8.07. The van der Waals surface area contributed by atoms with Crippen molar-refractivity contribution in [2.45, 2.75) is 0 Å². The maximum absolute atomic E-state index is 4.04. The number of rotatable bonds is 1. The van der Waals surface area contributed by atoms with Crippen LogP contribution in [0.1, 0.15) is 0 Å². The number of benzene rings is 1. The van der Waals surface area contributed by atoms with Crippen LogP contribution in [0.15, 0.2) is 30.5 Å². The summed E-state index contributed by atoms with van der Waals surface area (Å²) in [6.45, 7) is 0. The Morgan fingerprint density at radius 2 is 1.93 bits per heavy atom. The van der Waals surface area contributed by atoms with E-state index < -0.39 is 0 Å². The fraction of sp³-hybridized carbons (Fsp3) is 0.111. The van der Waals surface area contributed by atoms with E-state index >= 15 is 0 Å². The van der Waals surface area contributed by atoms with Gasteiger partial charge in [-0.3, -0.25) is 4.68 Å². The number of hydrogen-bond donors (Lipinski definition) is 0. The number of fused-ring (bicyclic) bond motifs is 1. The lowest BCUT2D eigenvalue weighted by atomic mass is 10.3. The van der Waals surface area contributed by atoms with E-state index in [1.54, 1.807) is 15.6 Å². The van der Waals surface area contributed by atoms with Gasteiger partial charge in [-0.05, 0) is 12.1 Å². The molecule has 2 aromatic heterocycles. The second-order valence-electron chi connectivity index (χ2n) is 3.24. The number of nitrogens with zero attached hydrogens (tertiary/aromatic N) is 6. The SMILES string of the molecule is Cn1cc(-n2nnc3ccccc32)nn1. The zero-order chi connectivity index (χ0) is 10.3. The van der Waals surface area contributed by atoms with Gasteiger partial charge in [-0.25, -0.2) is 0 Å². The highest BCUT2D eigenvalue weighted by molar-refractivity contribution is 5.75. The maximum atomic E-state index is 4.04. The topological polar surface area (TPSA) is 61.4 Å². The molecule has 2 heterocycles. The number of hydrogen-bond acceptors (Lipinski definition) is 4. The van der Waals surface area contributed by atoms with Gasteiger partial charge in [-0.2, -0.15) is 4.68 Å². The third-order valence-electron chi connectivity index (χ3n) is 2.16. The average Bonchev–Trinajstić information content (AvgIpc) is 2.83. The molecule has 1 aromatic carbocycles. The quantitative estimate of drug-likeness (QED) is 0.575. The van der Waals surface area contributed by atoms with Crippen molar-refractivity contribution in [1.82, 2.24) is 30.0 Å². The molecule has 3 rings (SSSR count). The highest BCUT2D eigenvalue weighted by Crippen LogP contribution is 2.13. The van der Waals surface area contributed by atoms with E-state index in [9.17, 15) is 0 Å². The van der Waals surface area contributed by atoms with E-state index in [-0.39, 0.29) is 0 Å². The van der Waals surface area contributed by atoms with Gasteiger partial charge in [0.15, 0.2) is 5.82 Å². The first-order valence-electron chi connectivity index (χ1n) is 4.52. The van der Waals surface area contributed by atoms with Crippen LogP contribution in [-0.4, -0.2) is 30.0 Å². The fourth-order valence-electron chi connectivity index (χ4n) is 1.47. The highest BCUT2D eigenvalue weighted by atomic mass is 15.5. The molecule has 0 aliphatic heterocycles. The molecule has 3 aromatic rings. The van der Waals surface area contributed by atoms with Crippen LogP contribution in [-0.2, 0) is 7.05 Å². The van der Waals surface area contributed by atoms with E-state index in [0.29, 0.717) is 5.82 Å². The summed E-state index contributed by atoms with van der Waals surface area (Å²) in [6.07, 6.45) is 1.79. The van der Waals surface area contributed by atoms with Gasteiger partial charge in [0.25, 0.3) is 0 Å². The third kappa shape index (κ3) is 1.18. The number of aromatic nitrogens is 6. The highest BCUT2D eigenvalue weighted by Gasteiger charge is 2.07. The van der Waals surface area contributed by atoms with E-state index in [1.807, 2.05) is 31.3 Å². The van der Waals surface area contributed by atoms with Crippen molar-refractivity contribution in [2.24, 2.45) is 7.05 Å². The van der Waals surface area contributed by atoms with E-state index in [0.717, 1.165) is 11.0 Å². The van der Waals surface area contributed by atoms with Gasteiger partial charge in [-0.15, -0.1) is 10.2 Å². The first-order chi connectivity index (χ1) is 7.34. The monoisotopic (exact) mass is 200 g/mol. The second-order valence-corrected chi connectivity index (χ2v) is 3.24. The molecule has 6 nitrogen and oxygen atoms in total. The zero-order valence-electron chi connectivity index (χ0n) is 8.07. The molecule has 0 atom stereocenters. The predicted molar refractivity (Wildman–Crippen MR) is 53.4 cm³/mol. The van der Waals surface area contributed by atoms with Gasteiger partial charge in [0.1, 0.15) is 5.52 Å². The van der Waals surface area contributed by atoms with Crippen molar-refractivity contribution in [2.75, 3.05) is 0 Å². The van der Waals surface area contributed by atoms with E-state index in [1.165, 1.54) is 0 Å². The minimum absolute atomic E-state index is 0.672. The third-order valence-corrected chi connectivity index (χ3v) is 2.16.